The Morgan fingerprint density at radius 1 is 1.00 bits per heavy atom. The molecule has 0 saturated heterocycles. The van der Waals surface area contributed by atoms with E-state index in [0.717, 1.165) is 28.3 Å². The molecular weight excluding hydrogens is 318 g/mol. The van der Waals surface area contributed by atoms with E-state index in [9.17, 15) is 0 Å². The van der Waals surface area contributed by atoms with E-state index in [1.807, 2.05) is 56.4 Å². The average Bonchev–Trinajstić information content (AvgIpc) is 2.44. The molecule has 0 spiro atoms. The molecule has 2 rings (SSSR count). The molecule has 0 atom stereocenters. The molecule has 3 nitrogen and oxygen atoms in total. The van der Waals surface area contributed by atoms with E-state index in [2.05, 4.69) is 21.2 Å². The summed E-state index contributed by atoms with van der Waals surface area (Å²) in [7, 11) is 1.93. The Labute approximate surface area is 128 Å². The van der Waals surface area contributed by atoms with Gasteiger partial charge in [-0.05, 0) is 55.9 Å². The highest BCUT2D eigenvalue weighted by atomic mass is 79.9. The minimum atomic E-state index is 0.667. The van der Waals surface area contributed by atoms with Crippen molar-refractivity contribution in [2.24, 2.45) is 0 Å². The van der Waals surface area contributed by atoms with E-state index >= 15 is 0 Å². The summed E-state index contributed by atoms with van der Waals surface area (Å²) >= 11 is 3.55. The number of benzene rings is 2. The quantitative estimate of drug-likeness (QED) is 0.850. The molecule has 0 heterocycles. The van der Waals surface area contributed by atoms with Gasteiger partial charge in [-0.25, -0.2) is 0 Å². The van der Waals surface area contributed by atoms with Crippen molar-refractivity contribution in [3.8, 4) is 17.2 Å². The molecule has 106 valence electrons. The molecule has 20 heavy (non-hydrogen) atoms. The fraction of sp³-hybridized carbons (Fsp3) is 0.250. The molecule has 2 aromatic carbocycles. The second-order valence-corrected chi connectivity index (χ2v) is 5.14. The molecule has 0 aromatic heterocycles. The Hall–Kier alpha value is -1.52. The first kappa shape index (κ1) is 14.9. The van der Waals surface area contributed by atoms with Gasteiger partial charge < -0.3 is 14.8 Å². The van der Waals surface area contributed by atoms with E-state index in [-0.39, 0.29) is 0 Å². The molecule has 0 unspecified atom stereocenters. The summed E-state index contributed by atoms with van der Waals surface area (Å²) in [6.45, 7) is 3.46. The fourth-order valence-electron chi connectivity index (χ4n) is 1.83. The Balaban J connectivity index is 2.07. The third kappa shape index (κ3) is 3.99. The Morgan fingerprint density at radius 3 is 2.25 bits per heavy atom. The van der Waals surface area contributed by atoms with Crippen molar-refractivity contribution in [2.45, 2.75) is 13.5 Å². The van der Waals surface area contributed by atoms with Crippen LogP contribution < -0.4 is 14.8 Å². The minimum Gasteiger partial charge on any atom is -0.494 e. The third-order valence-electron chi connectivity index (χ3n) is 2.76. The van der Waals surface area contributed by atoms with Crippen LogP contribution >= 0.6 is 15.9 Å². The zero-order valence-electron chi connectivity index (χ0n) is 11.7. The van der Waals surface area contributed by atoms with Gasteiger partial charge >= 0.3 is 0 Å². The second kappa shape index (κ2) is 7.31. The highest BCUT2D eigenvalue weighted by Crippen LogP contribution is 2.28. The van der Waals surface area contributed by atoms with E-state index in [0.29, 0.717) is 6.61 Å². The first-order chi connectivity index (χ1) is 9.72. The molecule has 2 aromatic rings. The number of hydrogen-bond acceptors (Lipinski definition) is 3. The van der Waals surface area contributed by atoms with Crippen molar-refractivity contribution in [2.75, 3.05) is 13.7 Å². The van der Waals surface area contributed by atoms with Gasteiger partial charge in [0, 0.05) is 11.0 Å². The Morgan fingerprint density at radius 2 is 1.65 bits per heavy atom. The predicted molar refractivity (Wildman–Crippen MR) is 84.6 cm³/mol. The van der Waals surface area contributed by atoms with Crippen molar-refractivity contribution in [3.63, 3.8) is 0 Å². The maximum atomic E-state index is 5.82. The molecule has 0 fully saturated rings. The van der Waals surface area contributed by atoms with Gasteiger partial charge in [0.2, 0.25) is 0 Å². The number of ether oxygens (including phenoxy) is 2. The highest BCUT2D eigenvalue weighted by molar-refractivity contribution is 9.10. The van der Waals surface area contributed by atoms with Crippen molar-refractivity contribution in [3.05, 3.63) is 52.5 Å². The van der Waals surface area contributed by atoms with Crippen LogP contribution in [0.1, 0.15) is 12.5 Å². The van der Waals surface area contributed by atoms with Crippen LogP contribution in [-0.4, -0.2) is 13.7 Å². The van der Waals surface area contributed by atoms with Gasteiger partial charge in [-0.1, -0.05) is 22.0 Å². The van der Waals surface area contributed by atoms with E-state index < -0.39 is 0 Å². The van der Waals surface area contributed by atoms with E-state index in [1.165, 1.54) is 5.56 Å². The van der Waals surface area contributed by atoms with Crippen molar-refractivity contribution >= 4 is 15.9 Å². The lowest BCUT2D eigenvalue weighted by molar-refractivity contribution is 0.339. The Kier molecular flexibility index (Phi) is 5.44. The molecule has 0 aliphatic heterocycles. The van der Waals surface area contributed by atoms with Crippen LogP contribution in [0.15, 0.2) is 46.9 Å². The molecule has 0 saturated carbocycles. The van der Waals surface area contributed by atoms with Gasteiger partial charge in [-0.2, -0.15) is 0 Å². The van der Waals surface area contributed by atoms with Gasteiger partial charge in [0.1, 0.15) is 17.2 Å². The zero-order chi connectivity index (χ0) is 14.4. The first-order valence-corrected chi connectivity index (χ1v) is 7.36. The smallest absolute Gasteiger partial charge is 0.128 e. The lowest BCUT2D eigenvalue weighted by Gasteiger charge is -2.09. The van der Waals surface area contributed by atoms with Crippen molar-refractivity contribution in [1.82, 2.24) is 5.32 Å². The van der Waals surface area contributed by atoms with Gasteiger partial charge in [0.15, 0.2) is 0 Å². The number of rotatable bonds is 6. The number of halogens is 1. The van der Waals surface area contributed by atoms with Crippen molar-refractivity contribution in [1.29, 1.82) is 0 Å². The molecular formula is C16H18BrNO2. The monoisotopic (exact) mass is 335 g/mol. The summed E-state index contributed by atoms with van der Waals surface area (Å²) in [5, 5.41) is 3.13. The minimum absolute atomic E-state index is 0.667. The normalized spacial score (nSPS) is 10.3. The molecule has 0 amide bonds. The standard InChI is InChI=1S/C16H18BrNO2/c1-3-19-13-6-8-14(9-7-13)20-15-5-4-12(11-18-2)16(17)10-15/h4-10,18H,3,11H2,1-2H3. The summed E-state index contributed by atoms with van der Waals surface area (Å²) in [5.74, 6) is 2.45. The zero-order valence-corrected chi connectivity index (χ0v) is 13.2. The third-order valence-corrected chi connectivity index (χ3v) is 3.50. The summed E-state index contributed by atoms with van der Waals surface area (Å²) < 4.78 is 12.3. The molecule has 1 N–H and O–H groups in total. The first-order valence-electron chi connectivity index (χ1n) is 6.56. The van der Waals surface area contributed by atoms with Gasteiger partial charge in [-0.15, -0.1) is 0 Å². The molecule has 0 radical (unpaired) electrons. The van der Waals surface area contributed by atoms with Crippen molar-refractivity contribution < 1.29 is 9.47 Å². The summed E-state index contributed by atoms with van der Waals surface area (Å²) in [4.78, 5) is 0. The number of hydrogen-bond donors (Lipinski definition) is 1. The summed E-state index contributed by atoms with van der Waals surface area (Å²) in [6, 6.07) is 13.6. The van der Waals surface area contributed by atoms with E-state index in [1.54, 1.807) is 0 Å². The second-order valence-electron chi connectivity index (χ2n) is 4.29. The molecule has 0 aliphatic carbocycles. The van der Waals surface area contributed by atoms with Gasteiger partial charge in [0.05, 0.1) is 6.61 Å². The van der Waals surface area contributed by atoms with Crippen LogP contribution in [0.5, 0.6) is 17.2 Å². The van der Waals surface area contributed by atoms with E-state index in [4.69, 9.17) is 9.47 Å². The maximum absolute atomic E-state index is 5.82. The highest BCUT2D eigenvalue weighted by Gasteiger charge is 2.03. The van der Waals surface area contributed by atoms with Crippen LogP contribution in [0.4, 0.5) is 0 Å². The predicted octanol–water partition coefficient (Wildman–Crippen LogP) is 4.36. The fourth-order valence-corrected chi connectivity index (χ4v) is 2.33. The maximum Gasteiger partial charge on any atom is 0.128 e. The van der Waals surface area contributed by atoms with Crippen LogP contribution in [0.25, 0.3) is 0 Å². The van der Waals surface area contributed by atoms with Crippen LogP contribution in [0.3, 0.4) is 0 Å². The molecule has 4 heteroatoms. The molecule has 0 bridgehead atoms. The van der Waals surface area contributed by atoms with Crippen LogP contribution in [-0.2, 0) is 6.54 Å². The largest absolute Gasteiger partial charge is 0.494 e. The molecule has 0 aliphatic rings. The van der Waals surface area contributed by atoms with Gasteiger partial charge in [0.25, 0.3) is 0 Å². The summed E-state index contributed by atoms with van der Waals surface area (Å²) in [5.41, 5.74) is 1.20. The SMILES string of the molecule is CCOc1ccc(Oc2ccc(CNC)c(Br)c2)cc1. The lowest BCUT2D eigenvalue weighted by atomic mass is 10.2. The lowest BCUT2D eigenvalue weighted by Crippen LogP contribution is -2.05. The summed E-state index contributed by atoms with van der Waals surface area (Å²) in [6.07, 6.45) is 0. The van der Waals surface area contributed by atoms with Gasteiger partial charge in [-0.3, -0.25) is 0 Å². The Bertz CT molecular complexity index is 555. The number of nitrogens with one attached hydrogen (secondary N) is 1. The van der Waals surface area contributed by atoms with Crippen LogP contribution in [0, 0.1) is 0 Å². The average molecular weight is 336 g/mol. The van der Waals surface area contributed by atoms with Crippen LogP contribution in [0.2, 0.25) is 0 Å². The topological polar surface area (TPSA) is 30.5 Å².